The van der Waals surface area contributed by atoms with Crippen LogP contribution in [0.5, 0.6) is 0 Å². The largest absolute Gasteiger partial charge is 0.309 e. The Morgan fingerprint density at radius 2 is 0.944 bits per heavy atom. The number of hydrogen-bond donors (Lipinski definition) is 0. The molecule has 0 aliphatic heterocycles. The van der Waals surface area contributed by atoms with Gasteiger partial charge in [-0.25, -0.2) is 0 Å². The summed E-state index contributed by atoms with van der Waals surface area (Å²) in [7, 11) is 0. The lowest BCUT2D eigenvalue weighted by atomic mass is 9.70. The Bertz CT molecular complexity index is 2860. The predicted octanol–water partition coefficient (Wildman–Crippen LogP) is 13.6. The van der Waals surface area contributed by atoms with E-state index in [2.05, 4.69) is 200 Å². The molecule has 0 N–H and O–H groups in total. The summed E-state index contributed by atoms with van der Waals surface area (Å²) in [4.78, 5) is 0. The van der Waals surface area contributed by atoms with Crippen LogP contribution in [0, 0.1) is 6.92 Å². The van der Waals surface area contributed by atoms with Crippen molar-refractivity contribution in [1.29, 1.82) is 0 Å². The molecule has 0 fully saturated rings. The average Bonchev–Trinajstić information content (AvgIpc) is 3.83. The van der Waals surface area contributed by atoms with Gasteiger partial charge in [-0.05, 0) is 110 Å². The number of aryl methyl sites for hydroxylation is 1. The molecule has 54 heavy (non-hydrogen) atoms. The molecule has 1 atom stereocenters. The van der Waals surface area contributed by atoms with Gasteiger partial charge >= 0.3 is 0 Å². The zero-order chi connectivity index (χ0) is 36.0. The van der Waals surface area contributed by atoms with Gasteiger partial charge in [0.25, 0.3) is 0 Å². The second-order valence-electron chi connectivity index (χ2n) is 15.1. The Hall–Kier alpha value is -6.44. The fraction of sp³-hybridized carbons (Fsp3) is 0.0943. The van der Waals surface area contributed by atoms with Crippen LogP contribution in [0.2, 0.25) is 0 Å². The van der Waals surface area contributed by atoms with Gasteiger partial charge in [0, 0.05) is 22.4 Å². The van der Waals surface area contributed by atoms with E-state index in [1.165, 1.54) is 99.8 Å². The number of hydrogen-bond acceptors (Lipinski definition) is 0. The molecular weight excluding hydrogens is 651 g/mol. The van der Waals surface area contributed by atoms with Crippen molar-refractivity contribution in [3.8, 4) is 39.1 Å². The van der Waals surface area contributed by atoms with Crippen LogP contribution >= 0.6 is 0 Å². The van der Waals surface area contributed by atoms with Crippen LogP contribution in [-0.4, -0.2) is 4.57 Å². The molecule has 9 aromatic rings. The Morgan fingerprint density at radius 3 is 1.59 bits per heavy atom. The van der Waals surface area contributed by atoms with Gasteiger partial charge in [-0.15, -0.1) is 0 Å². The summed E-state index contributed by atoms with van der Waals surface area (Å²) in [5.74, 6) is 0.245. The molecule has 2 aliphatic carbocycles. The van der Waals surface area contributed by atoms with Gasteiger partial charge in [0.1, 0.15) is 0 Å². The molecule has 1 spiro atoms. The fourth-order valence-electron chi connectivity index (χ4n) is 10.3. The normalized spacial score (nSPS) is 13.9. The van der Waals surface area contributed by atoms with E-state index in [1.807, 2.05) is 0 Å². The number of benzene rings is 8. The molecule has 256 valence electrons. The van der Waals surface area contributed by atoms with Crippen LogP contribution in [0.15, 0.2) is 182 Å². The highest BCUT2D eigenvalue weighted by molar-refractivity contribution is 6.09. The van der Waals surface area contributed by atoms with E-state index in [-0.39, 0.29) is 5.92 Å². The van der Waals surface area contributed by atoms with Gasteiger partial charge in [0.15, 0.2) is 0 Å². The van der Waals surface area contributed by atoms with Crippen LogP contribution in [0.4, 0.5) is 0 Å². The maximum atomic E-state index is 2.55. The minimum Gasteiger partial charge on any atom is -0.309 e. The number of rotatable bonds is 5. The van der Waals surface area contributed by atoms with Gasteiger partial charge in [0.2, 0.25) is 0 Å². The lowest BCUT2D eigenvalue weighted by Crippen LogP contribution is -2.25. The van der Waals surface area contributed by atoms with Crippen molar-refractivity contribution in [3.05, 3.63) is 221 Å². The molecule has 1 aromatic heterocycles. The van der Waals surface area contributed by atoms with Crippen LogP contribution in [0.3, 0.4) is 0 Å². The molecular formula is C53H39N. The quantitative estimate of drug-likeness (QED) is 0.170. The second kappa shape index (κ2) is 11.8. The van der Waals surface area contributed by atoms with Crippen molar-refractivity contribution in [1.82, 2.24) is 4.57 Å². The average molecular weight is 690 g/mol. The third-order valence-corrected chi connectivity index (χ3v) is 12.5. The highest BCUT2D eigenvalue weighted by Crippen LogP contribution is 2.63. The molecule has 0 radical (unpaired) electrons. The van der Waals surface area contributed by atoms with Crippen LogP contribution in [0.1, 0.15) is 58.2 Å². The molecule has 2 aliphatic rings. The van der Waals surface area contributed by atoms with Crippen molar-refractivity contribution >= 4 is 21.8 Å². The van der Waals surface area contributed by atoms with Crippen molar-refractivity contribution in [2.24, 2.45) is 0 Å². The third kappa shape index (κ3) is 4.15. The number of aromatic nitrogens is 1. The summed E-state index contributed by atoms with van der Waals surface area (Å²) >= 11 is 0. The summed E-state index contributed by atoms with van der Waals surface area (Å²) < 4.78 is 2.46. The lowest BCUT2D eigenvalue weighted by molar-refractivity contribution is 0.771. The minimum absolute atomic E-state index is 0.245. The predicted molar refractivity (Wildman–Crippen MR) is 226 cm³/mol. The standard InChI is InChI=1S/C53H39N/c1-3-37(39-18-6-7-19-40(39)38-17-5-4-16-34(38)2)35-28-30-49-45(32-35)46-33-36(54-51-26-14-10-22-43(51)44-23-11-15-27-52(44)54)29-31-50(46)53(49)47-24-12-8-20-41(47)42-21-9-13-25-48(42)53/h4-33,37H,3H2,1-2H3. The molecule has 0 saturated heterocycles. The zero-order valence-electron chi connectivity index (χ0n) is 30.6. The van der Waals surface area contributed by atoms with Crippen molar-refractivity contribution in [3.63, 3.8) is 0 Å². The van der Waals surface area contributed by atoms with E-state index in [1.54, 1.807) is 0 Å². The van der Waals surface area contributed by atoms with E-state index >= 15 is 0 Å². The monoisotopic (exact) mass is 689 g/mol. The molecule has 0 bridgehead atoms. The maximum absolute atomic E-state index is 2.55. The summed E-state index contributed by atoms with van der Waals surface area (Å²) in [6.45, 7) is 4.57. The van der Waals surface area contributed by atoms with Crippen molar-refractivity contribution < 1.29 is 0 Å². The molecule has 1 unspecified atom stereocenters. The van der Waals surface area contributed by atoms with Crippen molar-refractivity contribution in [2.75, 3.05) is 0 Å². The summed E-state index contributed by atoms with van der Waals surface area (Å²) in [5, 5.41) is 2.56. The summed E-state index contributed by atoms with van der Waals surface area (Å²) in [6, 6.07) is 68.5. The molecule has 11 rings (SSSR count). The molecule has 8 aromatic carbocycles. The van der Waals surface area contributed by atoms with E-state index in [0.29, 0.717) is 0 Å². The molecule has 0 saturated carbocycles. The Kier molecular flexibility index (Phi) is 6.79. The maximum Gasteiger partial charge on any atom is 0.0725 e. The van der Waals surface area contributed by atoms with Crippen LogP contribution < -0.4 is 0 Å². The van der Waals surface area contributed by atoms with E-state index in [9.17, 15) is 0 Å². The van der Waals surface area contributed by atoms with Gasteiger partial charge in [-0.1, -0.05) is 165 Å². The SMILES string of the molecule is CCC(c1ccc2c(c1)-c1cc(-n3c4ccccc4c4ccccc43)ccc1C21c2ccccc2-c2ccccc21)c1ccccc1-c1ccccc1C. The number of para-hydroxylation sites is 2. The number of fused-ring (bicyclic) bond motifs is 13. The van der Waals surface area contributed by atoms with Crippen molar-refractivity contribution in [2.45, 2.75) is 31.6 Å². The van der Waals surface area contributed by atoms with Crippen LogP contribution in [0.25, 0.3) is 60.9 Å². The van der Waals surface area contributed by atoms with E-state index < -0.39 is 5.41 Å². The topological polar surface area (TPSA) is 4.93 Å². The molecule has 1 heterocycles. The van der Waals surface area contributed by atoms with Gasteiger partial charge in [0.05, 0.1) is 16.4 Å². The summed E-state index contributed by atoms with van der Waals surface area (Å²) in [5.41, 5.74) is 20.8. The van der Waals surface area contributed by atoms with E-state index in [0.717, 1.165) is 6.42 Å². The van der Waals surface area contributed by atoms with E-state index in [4.69, 9.17) is 0 Å². The van der Waals surface area contributed by atoms with Gasteiger partial charge in [-0.3, -0.25) is 0 Å². The Morgan fingerprint density at radius 1 is 0.444 bits per heavy atom. The first-order valence-electron chi connectivity index (χ1n) is 19.3. The first kappa shape index (κ1) is 31.1. The first-order chi connectivity index (χ1) is 26.7. The smallest absolute Gasteiger partial charge is 0.0725 e. The highest BCUT2D eigenvalue weighted by atomic mass is 15.0. The fourth-order valence-corrected chi connectivity index (χ4v) is 10.3. The lowest BCUT2D eigenvalue weighted by Gasteiger charge is -2.31. The second-order valence-corrected chi connectivity index (χ2v) is 15.1. The van der Waals surface area contributed by atoms with Crippen LogP contribution in [-0.2, 0) is 5.41 Å². The first-order valence-corrected chi connectivity index (χ1v) is 19.3. The molecule has 1 heteroatoms. The Labute approximate surface area is 316 Å². The molecule has 1 nitrogen and oxygen atoms in total. The van der Waals surface area contributed by atoms with Gasteiger partial charge < -0.3 is 4.57 Å². The molecule has 0 amide bonds. The Balaban J connectivity index is 1.19. The summed E-state index contributed by atoms with van der Waals surface area (Å²) in [6.07, 6.45) is 1.01. The zero-order valence-corrected chi connectivity index (χ0v) is 30.6. The van der Waals surface area contributed by atoms with Gasteiger partial charge in [-0.2, -0.15) is 0 Å². The third-order valence-electron chi connectivity index (χ3n) is 12.5. The number of nitrogens with zero attached hydrogens (tertiary/aromatic N) is 1. The minimum atomic E-state index is -0.392. The highest BCUT2D eigenvalue weighted by Gasteiger charge is 2.51.